The number of nitrogens with two attached hydrogens (primary N) is 1. The monoisotopic (exact) mass is 322 g/mol. The molecule has 3 aromatic rings. The third kappa shape index (κ3) is 3.71. The number of halogens is 1. The first-order valence-electron chi connectivity index (χ1n) is 7.15. The number of nitrogen functional groups attached to an aromatic ring is 1. The number of anilines is 2. The van der Waals surface area contributed by atoms with Crippen LogP contribution in [0, 0.1) is 0 Å². The smallest absolute Gasteiger partial charge is 0.248 e. The Kier molecular flexibility index (Phi) is 4.31. The van der Waals surface area contributed by atoms with Gasteiger partial charge in [-0.05, 0) is 46.7 Å². The lowest BCUT2D eigenvalue weighted by Crippen LogP contribution is -2.09. The van der Waals surface area contributed by atoms with E-state index in [0.29, 0.717) is 16.4 Å². The van der Waals surface area contributed by atoms with Crippen LogP contribution < -0.4 is 11.1 Å². The fourth-order valence-electron chi connectivity index (χ4n) is 2.29. The summed E-state index contributed by atoms with van der Waals surface area (Å²) in [5, 5.41) is 5.55. The molecule has 0 unspecified atom stereocenters. The van der Waals surface area contributed by atoms with Crippen LogP contribution in [-0.2, 0) is 4.79 Å². The van der Waals surface area contributed by atoms with Crippen molar-refractivity contribution in [2.24, 2.45) is 0 Å². The summed E-state index contributed by atoms with van der Waals surface area (Å²) in [5.41, 5.74) is 7.75. The molecule has 0 spiro atoms. The molecule has 114 valence electrons. The second-order valence-electron chi connectivity index (χ2n) is 5.16. The molecule has 3 N–H and O–H groups in total. The fraction of sp³-hybridized carbons (Fsp3) is 0. The fourth-order valence-corrected chi connectivity index (χ4v) is 2.47. The van der Waals surface area contributed by atoms with Crippen LogP contribution in [0.2, 0.25) is 5.02 Å². The average molecular weight is 323 g/mol. The first kappa shape index (κ1) is 15.1. The number of nitrogens with one attached hydrogen (secondary N) is 1. The molecule has 0 aliphatic heterocycles. The minimum absolute atomic E-state index is 0.257. The first-order chi connectivity index (χ1) is 11.1. The number of carbonyl (C=O) groups excluding carboxylic acids is 1. The summed E-state index contributed by atoms with van der Waals surface area (Å²) in [4.78, 5) is 12.0. The zero-order chi connectivity index (χ0) is 16.2. The normalized spacial score (nSPS) is 11.0. The van der Waals surface area contributed by atoms with Crippen molar-refractivity contribution < 1.29 is 4.79 Å². The van der Waals surface area contributed by atoms with E-state index < -0.39 is 0 Å². The van der Waals surface area contributed by atoms with Crippen LogP contribution in [0.3, 0.4) is 0 Å². The van der Waals surface area contributed by atoms with E-state index in [4.69, 9.17) is 17.3 Å². The lowest BCUT2D eigenvalue weighted by Gasteiger charge is -2.06. The molecule has 23 heavy (non-hydrogen) atoms. The number of rotatable bonds is 3. The van der Waals surface area contributed by atoms with Gasteiger partial charge in [0.25, 0.3) is 0 Å². The van der Waals surface area contributed by atoms with Gasteiger partial charge in [0.05, 0.1) is 11.4 Å². The molecule has 0 atom stereocenters. The average Bonchev–Trinajstić information content (AvgIpc) is 2.56. The molecule has 0 heterocycles. The Labute approximate surface area is 139 Å². The summed E-state index contributed by atoms with van der Waals surface area (Å²) in [7, 11) is 0. The molecule has 0 aliphatic carbocycles. The van der Waals surface area contributed by atoms with Crippen LogP contribution in [0.4, 0.5) is 11.4 Å². The summed E-state index contributed by atoms with van der Waals surface area (Å²) < 4.78 is 0. The van der Waals surface area contributed by atoms with Crippen molar-refractivity contribution in [2.45, 2.75) is 0 Å². The van der Waals surface area contributed by atoms with Crippen LogP contribution in [0.15, 0.2) is 66.7 Å². The van der Waals surface area contributed by atoms with Gasteiger partial charge >= 0.3 is 0 Å². The van der Waals surface area contributed by atoms with Gasteiger partial charge in [-0.1, -0.05) is 48.0 Å². The van der Waals surface area contributed by atoms with Crippen molar-refractivity contribution in [2.75, 3.05) is 11.1 Å². The lowest BCUT2D eigenvalue weighted by molar-refractivity contribution is -0.111. The van der Waals surface area contributed by atoms with Gasteiger partial charge in [-0.25, -0.2) is 0 Å². The van der Waals surface area contributed by atoms with Gasteiger partial charge < -0.3 is 11.1 Å². The maximum absolute atomic E-state index is 12.0. The second kappa shape index (κ2) is 6.55. The van der Waals surface area contributed by atoms with E-state index in [1.54, 1.807) is 24.3 Å². The molecule has 4 heteroatoms. The highest BCUT2D eigenvalue weighted by Gasteiger charge is 2.03. The third-order valence-corrected chi connectivity index (χ3v) is 3.71. The highest BCUT2D eigenvalue weighted by molar-refractivity contribution is 6.31. The molecule has 0 bridgehead atoms. The third-order valence-electron chi connectivity index (χ3n) is 3.47. The van der Waals surface area contributed by atoms with Crippen LogP contribution in [0.5, 0.6) is 0 Å². The van der Waals surface area contributed by atoms with Gasteiger partial charge in [0.1, 0.15) is 0 Å². The van der Waals surface area contributed by atoms with Crippen LogP contribution >= 0.6 is 11.6 Å². The molecule has 0 saturated heterocycles. The van der Waals surface area contributed by atoms with E-state index in [9.17, 15) is 4.79 Å². The summed E-state index contributed by atoms with van der Waals surface area (Å²) in [5.74, 6) is -0.257. The molecule has 0 aromatic heterocycles. The molecule has 3 nitrogen and oxygen atoms in total. The number of amides is 1. The van der Waals surface area contributed by atoms with Gasteiger partial charge in [-0.15, -0.1) is 0 Å². The van der Waals surface area contributed by atoms with Crippen molar-refractivity contribution in [1.82, 2.24) is 0 Å². The maximum atomic E-state index is 12.0. The van der Waals surface area contributed by atoms with Gasteiger partial charge in [-0.2, -0.15) is 0 Å². The number of hydrogen-bond acceptors (Lipinski definition) is 2. The highest BCUT2D eigenvalue weighted by atomic mass is 35.5. The number of fused-ring (bicyclic) bond motifs is 1. The van der Waals surface area contributed by atoms with Crippen LogP contribution in [-0.4, -0.2) is 5.91 Å². The van der Waals surface area contributed by atoms with E-state index in [1.807, 2.05) is 36.4 Å². The Morgan fingerprint density at radius 1 is 1.00 bits per heavy atom. The Morgan fingerprint density at radius 2 is 1.78 bits per heavy atom. The quantitative estimate of drug-likeness (QED) is 0.541. The van der Waals surface area contributed by atoms with Crippen molar-refractivity contribution >= 4 is 45.7 Å². The summed E-state index contributed by atoms with van der Waals surface area (Å²) in [6.07, 6.45) is 3.24. The zero-order valence-corrected chi connectivity index (χ0v) is 13.0. The van der Waals surface area contributed by atoms with Gasteiger partial charge in [0, 0.05) is 11.1 Å². The number of benzene rings is 3. The summed E-state index contributed by atoms with van der Waals surface area (Å²) in [6, 6.07) is 19.1. The topological polar surface area (TPSA) is 55.1 Å². The largest absolute Gasteiger partial charge is 0.397 e. The molecular weight excluding hydrogens is 308 g/mol. The van der Waals surface area contributed by atoms with Gasteiger partial charge in [0.15, 0.2) is 0 Å². The van der Waals surface area contributed by atoms with E-state index >= 15 is 0 Å². The van der Waals surface area contributed by atoms with Crippen molar-refractivity contribution in [1.29, 1.82) is 0 Å². The van der Waals surface area contributed by atoms with E-state index in [0.717, 1.165) is 10.9 Å². The molecular formula is C19H15ClN2O. The van der Waals surface area contributed by atoms with Crippen molar-refractivity contribution in [3.63, 3.8) is 0 Å². The van der Waals surface area contributed by atoms with E-state index in [2.05, 4.69) is 11.4 Å². The predicted molar refractivity (Wildman–Crippen MR) is 97.5 cm³/mol. The van der Waals surface area contributed by atoms with Gasteiger partial charge in [0.2, 0.25) is 5.91 Å². The highest BCUT2D eigenvalue weighted by Crippen LogP contribution is 2.23. The Bertz CT molecular complexity index is 903. The Hall–Kier alpha value is -2.78. The van der Waals surface area contributed by atoms with E-state index in [1.165, 1.54) is 11.5 Å². The standard InChI is InChI=1S/C19H15ClN2O/c20-16-8-9-17(21)18(12-16)22-19(23)10-6-13-5-7-14-3-1-2-4-15(14)11-13/h1-12H,21H2,(H,22,23)/b10-6+. The second-order valence-corrected chi connectivity index (χ2v) is 5.60. The summed E-state index contributed by atoms with van der Waals surface area (Å²) >= 11 is 5.90. The first-order valence-corrected chi connectivity index (χ1v) is 7.52. The van der Waals surface area contributed by atoms with Crippen molar-refractivity contribution in [3.05, 3.63) is 77.3 Å². The lowest BCUT2D eigenvalue weighted by atomic mass is 10.1. The summed E-state index contributed by atoms with van der Waals surface area (Å²) in [6.45, 7) is 0. The van der Waals surface area contributed by atoms with Crippen LogP contribution in [0.25, 0.3) is 16.8 Å². The molecule has 0 fully saturated rings. The Morgan fingerprint density at radius 3 is 2.61 bits per heavy atom. The minimum atomic E-state index is -0.257. The predicted octanol–water partition coefficient (Wildman–Crippen LogP) is 4.73. The molecule has 0 radical (unpaired) electrons. The maximum Gasteiger partial charge on any atom is 0.248 e. The zero-order valence-electron chi connectivity index (χ0n) is 12.3. The molecule has 0 saturated carbocycles. The molecule has 3 rings (SSSR count). The molecule has 0 aliphatic rings. The molecule has 3 aromatic carbocycles. The Balaban J connectivity index is 1.75. The SMILES string of the molecule is Nc1ccc(Cl)cc1NC(=O)/C=C/c1ccc2ccccc2c1. The number of hydrogen-bond donors (Lipinski definition) is 2. The molecule has 1 amide bonds. The van der Waals surface area contributed by atoms with Gasteiger partial charge in [-0.3, -0.25) is 4.79 Å². The van der Waals surface area contributed by atoms with Crippen molar-refractivity contribution in [3.8, 4) is 0 Å². The van der Waals surface area contributed by atoms with E-state index in [-0.39, 0.29) is 5.91 Å². The van der Waals surface area contributed by atoms with Crippen LogP contribution in [0.1, 0.15) is 5.56 Å². The number of carbonyl (C=O) groups is 1. The minimum Gasteiger partial charge on any atom is -0.397 e.